The molecule has 5 aromatic carbocycles. The Morgan fingerprint density at radius 3 is 1.17 bits per heavy atom. The predicted octanol–water partition coefficient (Wildman–Crippen LogP) is 9.54. The average Bonchev–Trinajstić information content (AvgIpc) is 3.08. The van der Waals surface area contributed by atoms with Crippen LogP contribution in [0, 0.1) is 0 Å². The van der Waals surface area contributed by atoms with E-state index < -0.39 is 0 Å². The Hall–Kier alpha value is -5.35. The van der Waals surface area contributed by atoms with Crippen LogP contribution in [0.4, 0.5) is 17.1 Å². The van der Waals surface area contributed by atoms with Crippen molar-refractivity contribution >= 4 is 17.1 Å². The van der Waals surface area contributed by atoms with Gasteiger partial charge in [-0.15, -0.1) is 0 Å². The Morgan fingerprint density at radius 2 is 0.690 bits per heavy atom. The minimum Gasteiger partial charge on any atom is -0.388 e. The minimum absolute atomic E-state index is 0.940. The zero-order valence-corrected chi connectivity index (χ0v) is 24.1. The number of hydrogen-bond acceptors (Lipinski definition) is 4. The maximum atomic E-state index is 5.11. The molecule has 4 nitrogen and oxygen atoms in total. The molecule has 0 unspecified atom stereocenters. The maximum absolute atomic E-state index is 5.11. The van der Waals surface area contributed by atoms with Crippen LogP contribution in [0.15, 0.2) is 133 Å². The average molecular weight is 547 g/mol. The van der Waals surface area contributed by atoms with Crippen molar-refractivity contribution in [2.24, 2.45) is 0 Å². The molecule has 0 aliphatic carbocycles. The van der Waals surface area contributed by atoms with E-state index in [1.807, 2.05) is 21.1 Å². The summed E-state index contributed by atoms with van der Waals surface area (Å²) in [5.74, 6) is 0. The molecule has 0 aliphatic heterocycles. The van der Waals surface area contributed by atoms with Crippen molar-refractivity contribution in [2.45, 2.75) is 0 Å². The van der Waals surface area contributed by atoms with Gasteiger partial charge in [0.05, 0.1) is 11.4 Å². The van der Waals surface area contributed by atoms with Gasteiger partial charge in [-0.2, -0.15) is 0 Å². The molecule has 6 aromatic rings. The lowest BCUT2D eigenvalue weighted by Gasteiger charge is -2.13. The zero-order chi connectivity index (χ0) is 28.9. The summed E-state index contributed by atoms with van der Waals surface area (Å²) < 4.78 is 0. The van der Waals surface area contributed by atoms with Crippen molar-refractivity contribution in [2.75, 3.05) is 37.1 Å². The van der Waals surface area contributed by atoms with Gasteiger partial charge in [0.15, 0.2) is 0 Å². The number of hydrogen-bond donors (Lipinski definition) is 3. The first-order valence-corrected chi connectivity index (χ1v) is 14.2. The van der Waals surface area contributed by atoms with Crippen molar-refractivity contribution in [1.29, 1.82) is 0 Å². The third-order valence-corrected chi connectivity index (χ3v) is 7.62. The number of nitrogens with one attached hydrogen (secondary N) is 3. The largest absolute Gasteiger partial charge is 0.388 e. The third-order valence-electron chi connectivity index (χ3n) is 7.62. The van der Waals surface area contributed by atoms with Crippen LogP contribution in [0.1, 0.15) is 0 Å². The highest BCUT2D eigenvalue weighted by Gasteiger charge is 2.11. The molecule has 0 amide bonds. The van der Waals surface area contributed by atoms with E-state index in [4.69, 9.17) is 4.98 Å². The molecule has 3 N–H and O–H groups in total. The quantitative estimate of drug-likeness (QED) is 0.178. The Balaban J connectivity index is 1.39. The Kier molecular flexibility index (Phi) is 7.69. The number of aromatic nitrogens is 1. The third kappa shape index (κ3) is 5.74. The van der Waals surface area contributed by atoms with Crippen molar-refractivity contribution in [3.8, 4) is 55.9 Å². The summed E-state index contributed by atoms with van der Waals surface area (Å²) in [7, 11) is 5.83. The van der Waals surface area contributed by atoms with Crippen LogP contribution in [0.25, 0.3) is 55.9 Å². The van der Waals surface area contributed by atoms with E-state index in [1.54, 1.807) is 0 Å². The predicted molar refractivity (Wildman–Crippen MR) is 180 cm³/mol. The van der Waals surface area contributed by atoms with Crippen LogP contribution in [0.2, 0.25) is 0 Å². The molecule has 206 valence electrons. The number of benzene rings is 5. The molecule has 0 atom stereocenters. The molecule has 0 saturated heterocycles. The summed E-state index contributed by atoms with van der Waals surface area (Å²) in [5, 5.41) is 9.73. The fourth-order valence-corrected chi connectivity index (χ4v) is 5.25. The molecule has 0 bridgehead atoms. The molecule has 0 fully saturated rings. The van der Waals surface area contributed by atoms with Gasteiger partial charge in [-0.3, -0.25) is 0 Å². The zero-order valence-electron chi connectivity index (χ0n) is 24.1. The SMILES string of the molecule is CNc1cccc(-c2cccc(-c3ccc(-c4cc(-c5cccc(NC)c5)nc(-c5cccc(NC)c5)c4)cc3)c2)c1. The van der Waals surface area contributed by atoms with Gasteiger partial charge in [0.25, 0.3) is 0 Å². The molecule has 6 rings (SSSR count). The smallest absolute Gasteiger partial charge is 0.0716 e. The first-order valence-electron chi connectivity index (χ1n) is 14.2. The van der Waals surface area contributed by atoms with E-state index >= 15 is 0 Å². The van der Waals surface area contributed by atoms with Crippen LogP contribution in [-0.2, 0) is 0 Å². The van der Waals surface area contributed by atoms with E-state index in [1.165, 1.54) is 22.3 Å². The molecule has 0 saturated carbocycles. The topological polar surface area (TPSA) is 49.0 Å². The summed E-state index contributed by atoms with van der Waals surface area (Å²) in [5.41, 5.74) is 14.3. The van der Waals surface area contributed by atoms with Crippen LogP contribution in [0.3, 0.4) is 0 Å². The minimum atomic E-state index is 0.940. The normalized spacial score (nSPS) is 10.7. The summed E-state index contributed by atoms with van der Waals surface area (Å²) in [6.45, 7) is 0. The van der Waals surface area contributed by atoms with E-state index in [-0.39, 0.29) is 0 Å². The molecule has 0 radical (unpaired) electrons. The molecule has 1 heterocycles. The van der Waals surface area contributed by atoms with Gasteiger partial charge in [-0.25, -0.2) is 4.98 Å². The van der Waals surface area contributed by atoms with E-state index in [2.05, 4.69) is 149 Å². The summed E-state index contributed by atoms with van der Waals surface area (Å²) in [6, 6.07) is 47.2. The van der Waals surface area contributed by atoms with Crippen LogP contribution in [0.5, 0.6) is 0 Å². The first-order chi connectivity index (χ1) is 20.6. The highest BCUT2D eigenvalue weighted by atomic mass is 14.8. The number of nitrogens with zero attached hydrogens (tertiary/aromatic N) is 1. The first kappa shape index (κ1) is 26.9. The lowest BCUT2D eigenvalue weighted by molar-refractivity contribution is 1.32. The van der Waals surface area contributed by atoms with E-state index in [0.717, 1.165) is 50.7 Å². The Bertz CT molecular complexity index is 1770. The molecule has 0 aliphatic rings. The standard InChI is InChI=1S/C38H34N4/c1-39-34-13-5-10-30(21-34)29-9-4-8-28(20-29)26-16-18-27(19-17-26)33-24-37(31-11-6-14-35(22-31)40-2)42-38(25-33)32-12-7-15-36(23-32)41-3/h4-25,39-41H,1-3H3. The lowest BCUT2D eigenvalue weighted by Crippen LogP contribution is -1.94. The fraction of sp³-hybridized carbons (Fsp3) is 0.0789. The lowest BCUT2D eigenvalue weighted by atomic mass is 9.96. The molecular weight excluding hydrogens is 512 g/mol. The summed E-state index contributed by atoms with van der Waals surface area (Å²) >= 11 is 0. The van der Waals surface area contributed by atoms with Gasteiger partial charge in [-0.05, 0) is 88.0 Å². The van der Waals surface area contributed by atoms with E-state index in [9.17, 15) is 0 Å². The van der Waals surface area contributed by atoms with Gasteiger partial charge in [-0.1, -0.05) is 78.9 Å². The van der Waals surface area contributed by atoms with Crippen molar-refractivity contribution in [3.63, 3.8) is 0 Å². The van der Waals surface area contributed by atoms with Gasteiger partial charge in [0.1, 0.15) is 0 Å². The number of anilines is 3. The van der Waals surface area contributed by atoms with Crippen molar-refractivity contribution in [1.82, 2.24) is 4.98 Å². The number of pyridine rings is 1. The van der Waals surface area contributed by atoms with Gasteiger partial charge >= 0.3 is 0 Å². The molecule has 42 heavy (non-hydrogen) atoms. The van der Waals surface area contributed by atoms with E-state index in [0.29, 0.717) is 0 Å². The highest BCUT2D eigenvalue weighted by Crippen LogP contribution is 2.34. The van der Waals surface area contributed by atoms with Gasteiger partial charge < -0.3 is 16.0 Å². The number of rotatable bonds is 8. The van der Waals surface area contributed by atoms with Crippen molar-refractivity contribution in [3.05, 3.63) is 133 Å². The molecule has 0 spiro atoms. The van der Waals surface area contributed by atoms with Crippen LogP contribution >= 0.6 is 0 Å². The molecule has 4 heteroatoms. The summed E-state index contributed by atoms with van der Waals surface area (Å²) in [6.07, 6.45) is 0. The van der Waals surface area contributed by atoms with Gasteiger partial charge in [0, 0.05) is 49.3 Å². The highest BCUT2D eigenvalue weighted by molar-refractivity contribution is 5.80. The Morgan fingerprint density at radius 1 is 0.333 bits per heavy atom. The second-order valence-electron chi connectivity index (χ2n) is 10.3. The Labute approximate surface area is 248 Å². The summed E-state index contributed by atoms with van der Waals surface area (Å²) in [4.78, 5) is 5.11. The molecular formula is C38H34N4. The van der Waals surface area contributed by atoms with Crippen LogP contribution in [-0.4, -0.2) is 26.1 Å². The van der Waals surface area contributed by atoms with Crippen LogP contribution < -0.4 is 16.0 Å². The fourth-order valence-electron chi connectivity index (χ4n) is 5.25. The van der Waals surface area contributed by atoms with Gasteiger partial charge in [0.2, 0.25) is 0 Å². The monoisotopic (exact) mass is 546 g/mol. The molecule has 1 aromatic heterocycles. The second kappa shape index (κ2) is 12.0. The van der Waals surface area contributed by atoms with Crippen molar-refractivity contribution < 1.29 is 0 Å². The maximum Gasteiger partial charge on any atom is 0.0716 e. The second-order valence-corrected chi connectivity index (χ2v) is 10.3.